The first kappa shape index (κ1) is 13.3. The highest BCUT2D eigenvalue weighted by Crippen LogP contribution is 2.28. The van der Waals surface area contributed by atoms with Gasteiger partial charge in [-0.3, -0.25) is 4.68 Å². The van der Waals surface area contributed by atoms with Crippen LogP contribution in [0.3, 0.4) is 0 Å². The SMILES string of the molecule is CCN(CC)c1ncc(OC)c(-c2ccnn2C)n1. The van der Waals surface area contributed by atoms with Crippen LogP contribution in [0, 0.1) is 0 Å². The lowest BCUT2D eigenvalue weighted by Crippen LogP contribution is -2.24. The molecule has 0 aliphatic rings. The van der Waals surface area contributed by atoms with Crippen molar-refractivity contribution in [2.75, 3.05) is 25.1 Å². The van der Waals surface area contributed by atoms with Crippen LogP contribution < -0.4 is 9.64 Å². The average Bonchev–Trinajstić information content (AvgIpc) is 2.86. The van der Waals surface area contributed by atoms with Gasteiger partial charge in [0.25, 0.3) is 0 Å². The molecule has 2 rings (SSSR count). The Kier molecular flexibility index (Phi) is 3.99. The molecule has 0 aromatic carbocycles. The summed E-state index contributed by atoms with van der Waals surface area (Å²) in [4.78, 5) is 11.1. The molecule has 0 saturated heterocycles. The minimum atomic E-state index is 0.652. The molecule has 0 radical (unpaired) electrons. The molecule has 19 heavy (non-hydrogen) atoms. The summed E-state index contributed by atoms with van der Waals surface area (Å²) in [7, 11) is 3.50. The van der Waals surface area contributed by atoms with Crippen LogP contribution in [0.15, 0.2) is 18.5 Å². The summed E-state index contributed by atoms with van der Waals surface area (Å²) in [6.45, 7) is 5.91. The van der Waals surface area contributed by atoms with E-state index in [1.807, 2.05) is 13.1 Å². The fourth-order valence-corrected chi connectivity index (χ4v) is 1.96. The minimum absolute atomic E-state index is 0.652. The van der Waals surface area contributed by atoms with Crippen LogP contribution in [0.1, 0.15) is 13.8 Å². The van der Waals surface area contributed by atoms with Crippen molar-refractivity contribution in [2.24, 2.45) is 7.05 Å². The van der Waals surface area contributed by atoms with Crippen LogP contribution in [0.5, 0.6) is 5.75 Å². The molecule has 0 N–H and O–H groups in total. The van der Waals surface area contributed by atoms with Crippen molar-refractivity contribution in [3.63, 3.8) is 0 Å². The van der Waals surface area contributed by atoms with Crippen LogP contribution in [0.25, 0.3) is 11.4 Å². The molecule has 0 amide bonds. The number of hydrogen-bond acceptors (Lipinski definition) is 5. The van der Waals surface area contributed by atoms with E-state index in [-0.39, 0.29) is 0 Å². The van der Waals surface area contributed by atoms with E-state index in [0.29, 0.717) is 11.7 Å². The number of hydrogen-bond donors (Lipinski definition) is 0. The number of methoxy groups -OCH3 is 1. The first-order valence-corrected chi connectivity index (χ1v) is 6.35. The third kappa shape index (κ3) is 2.52. The van der Waals surface area contributed by atoms with Crippen LogP contribution in [0.2, 0.25) is 0 Å². The summed E-state index contributed by atoms with van der Waals surface area (Å²) >= 11 is 0. The smallest absolute Gasteiger partial charge is 0.226 e. The highest BCUT2D eigenvalue weighted by atomic mass is 16.5. The Labute approximate surface area is 113 Å². The van der Waals surface area contributed by atoms with E-state index in [1.54, 1.807) is 24.2 Å². The number of ether oxygens (including phenoxy) is 1. The summed E-state index contributed by atoms with van der Waals surface area (Å²) in [6, 6.07) is 1.91. The third-order valence-corrected chi connectivity index (χ3v) is 3.07. The molecule has 0 fully saturated rings. The van der Waals surface area contributed by atoms with E-state index >= 15 is 0 Å². The molecular weight excluding hydrogens is 242 g/mol. The predicted molar refractivity (Wildman–Crippen MR) is 74.3 cm³/mol. The van der Waals surface area contributed by atoms with Gasteiger partial charge in [0.15, 0.2) is 5.75 Å². The molecule has 6 nitrogen and oxygen atoms in total. The van der Waals surface area contributed by atoms with Crippen molar-refractivity contribution in [2.45, 2.75) is 13.8 Å². The Morgan fingerprint density at radius 3 is 2.58 bits per heavy atom. The second-order valence-electron chi connectivity index (χ2n) is 4.10. The molecule has 2 aromatic heterocycles. The summed E-state index contributed by atoms with van der Waals surface area (Å²) < 4.78 is 7.12. The fraction of sp³-hybridized carbons (Fsp3) is 0.462. The van der Waals surface area contributed by atoms with E-state index in [1.165, 1.54) is 0 Å². The second kappa shape index (κ2) is 5.69. The maximum atomic E-state index is 5.34. The van der Waals surface area contributed by atoms with Gasteiger partial charge in [0.05, 0.1) is 19.0 Å². The van der Waals surface area contributed by atoms with E-state index in [0.717, 1.165) is 24.5 Å². The zero-order valence-corrected chi connectivity index (χ0v) is 11.8. The number of anilines is 1. The second-order valence-corrected chi connectivity index (χ2v) is 4.10. The van der Waals surface area contributed by atoms with Gasteiger partial charge >= 0.3 is 0 Å². The van der Waals surface area contributed by atoms with Gasteiger partial charge in [-0.1, -0.05) is 0 Å². The van der Waals surface area contributed by atoms with Crippen molar-refractivity contribution >= 4 is 5.95 Å². The molecule has 0 bridgehead atoms. The lowest BCUT2D eigenvalue weighted by Gasteiger charge is -2.19. The number of rotatable bonds is 5. The Hall–Kier alpha value is -2.11. The van der Waals surface area contributed by atoms with E-state index in [2.05, 4.69) is 33.8 Å². The van der Waals surface area contributed by atoms with E-state index < -0.39 is 0 Å². The van der Waals surface area contributed by atoms with Gasteiger partial charge in [0, 0.05) is 26.3 Å². The molecule has 2 heterocycles. The summed E-state index contributed by atoms with van der Waals surface area (Å²) in [5.41, 5.74) is 1.67. The van der Waals surface area contributed by atoms with Crippen molar-refractivity contribution < 1.29 is 4.74 Å². The van der Waals surface area contributed by atoms with Gasteiger partial charge in [-0.15, -0.1) is 0 Å². The quantitative estimate of drug-likeness (QED) is 0.820. The van der Waals surface area contributed by atoms with Crippen LogP contribution in [-0.4, -0.2) is 39.9 Å². The Bertz CT molecular complexity index is 548. The molecule has 6 heteroatoms. The lowest BCUT2D eigenvalue weighted by molar-refractivity contribution is 0.412. The van der Waals surface area contributed by atoms with Gasteiger partial charge in [-0.2, -0.15) is 5.10 Å². The highest BCUT2D eigenvalue weighted by molar-refractivity contribution is 5.63. The van der Waals surface area contributed by atoms with Gasteiger partial charge in [0.1, 0.15) is 5.69 Å². The predicted octanol–water partition coefficient (Wildman–Crippen LogP) is 1.73. The van der Waals surface area contributed by atoms with E-state index in [9.17, 15) is 0 Å². The monoisotopic (exact) mass is 261 g/mol. The zero-order valence-electron chi connectivity index (χ0n) is 11.8. The topological polar surface area (TPSA) is 56.1 Å². The summed E-state index contributed by atoms with van der Waals surface area (Å²) in [5, 5.41) is 4.17. The normalized spacial score (nSPS) is 10.5. The van der Waals surface area contributed by atoms with Gasteiger partial charge in [-0.25, -0.2) is 9.97 Å². The number of aromatic nitrogens is 4. The molecule has 0 atom stereocenters. The Morgan fingerprint density at radius 2 is 2.05 bits per heavy atom. The van der Waals surface area contributed by atoms with Crippen LogP contribution in [-0.2, 0) is 7.05 Å². The number of aryl methyl sites for hydroxylation is 1. The van der Waals surface area contributed by atoms with Crippen molar-refractivity contribution in [1.29, 1.82) is 0 Å². The summed E-state index contributed by atoms with van der Waals surface area (Å²) in [6.07, 6.45) is 3.46. The zero-order chi connectivity index (χ0) is 13.8. The first-order chi connectivity index (χ1) is 9.21. The minimum Gasteiger partial charge on any atom is -0.493 e. The summed E-state index contributed by atoms with van der Waals surface area (Å²) in [5.74, 6) is 1.36. The molecular formula is C13H19N5O. The molecule has 0 spiro atoms. The maximum Gasteiger partial charge on any atom is 0.226 e. The first-order valence-electron chi connectivity index (χ1n) is 6.35. The molecule has 0 saturated carbocycles. The standard InChI is InChI=1S/C13H19N5O/c1-5-18(6-2)13-14-9-11(19-4)12(16-13)10-7-8-15-17(10)3/h7-9H,5-6H2,1-4H3. The van der Waals surface area contributed by atoms with Crippen molar-refractivity contribution in [1.82, 2.24) is 19.7 Å². The largest absolute Gasteiger partial charge is 0.493 e. The maximum absolute atomic E-state index is 5.34. The molecule has 102 valence electrons. The average molecular weight is 261 g/mol. The number of nitrogens with zero attached hydrogens (tertiary/aromatic N) is 5. The van der Waals surface area contributed by atoms with Gasteiger partial charge < -0.3 is 9.64 Å². The Morgan fingerprint density at radius 1 is 1.32 bits per heavy atom. The molecule has 0 unspecified atom stereocenters. The molecule has 2 aromatic rings. The van der Waals surface area contributed by atoms with Crippen LogP contribution >= 0.6 is 0 Å². The Balaban J connectivity index is 2.51. The van der Waals surface area contributed by atoms with E-state index in [4.69, 9.17) is 4.74 Å². The van der Waals surface area contributed by atoms with Gasteiger partial charge in [-0.05, 0) is 19.9 Å². The van der Waals surface area contributed by atoms with Crippen molar-refractivity contribution in [3.05, 3.63) is 18.5 Å². The third-order valence-electron chi connectivity index (χ3n) is 3.07. The lowest BCUT2D eigenvalue weighted by atomic mass is 10.3. The van der Waals surface area contributed by atoms with Crippen LogP contribution in [0.4, 0.5) is 5.95 Å². The molecule has 0 aliphatic heterocycles. The fourth-order valence-electron chi connectivity index (χ4n) is 1.96. The van der Waals surface area contributed by atoms with Crippen molar-refractivity contribution in [3.8, 4) is 17.1 Å². The van der Waals surface area contributed by atoms with Gasteiger partial charge in [0.2, 0.25) is 5.95 Å². The highest BCUT2D eigenvalue weighted by Gasteiger charge is 2.15. The molecule has 0 aliphatic carbocycles.